The lowest BCUT2D eigenvalue weighted by Crippen LogP contribution is -2.20. The normalized spacial score (nSPS) is 11.4. The Bertz CT molecular complexity index is 295. The Morgan fingerprint density at radius 3 is 2.43 bits per heavy atom. The lowest BCUT2D eigenvalue weighted by molar-refractivity contribution is 0.442. The lowest BCUT2D eigenvalue weighted by atomic mass is 9.97. The van der Waals surface area contributed by atoms with Gasteiger partial charge >= 0.3 is 0 Å². The second-order valence-corrected chi connectivity index (χ2v) is 4.45. The van der Waals surface area contributed by atoms with Crippen LogP contribution in [0.5, 0.6) is 0 Å². The van der Waals surface area contributed by atoms with Gasteiger partial charge in [0.1, 0.15) is 11.6 Å². The van der Waals surface area contributed by atoms with Crippen molar-refractivity contribution in [1.82, 2.24) is 9.97 Å². The number of anilines is 3. The van der Waals surface area contributed by atoms with Gasteiger partial charge in [0, 0.05) is 12.6 Å². The molecular weight excluding hydrogens is 178 g/mol. The van der Waals surface area contributed by atoms with Crippen LogP contribution < -0.4 is 16.8 Å². The third-order valence-electron chi connectivity index (χ3n) is 1.56. The first-order chi connectivity index (χ1) is 6.37. The fraction of sp³-hybridized carbons (Fsp3) is 0.556. The van der Waals surface area contributed by atoms with E-state index in [2.05, 4.69) is 36.1 Å². The van der Waals surface area contributed by atoms with Crippen LogP contribution in [0.4, 0.5) is 17.6 Å². The molecular formula is C9H17N5. The van der Waals surface area contributed by atoms with Crippen molar-refractivity contribution in [2.75, 3.05) is 23.3 Å². The first kappa shape index (κ1) is 10.6. The molecule has 0 radical (unpaired) electrons. The zero-order chi connectivity index (χ0) is 10.8. The minimum Gasteiger partial charge on any atom is -0.383 e. The molecule has 0 aliphatic carbocycles. The molecule has 0 saturated heterocycles. The minimum absolute atomic E-state index is 0.189. The SMILES string of the molecule is CC(C)(C)CNc1cc(N)nc(N)n1. The smallest absolute Gasteiger partial charge is 0.223 e. The Hall–Kier alpha value is -1.52. The summed E-state index contributed by atoms with van der Waals surface area (Å²) in [5, 5.41) is 3.16. The maximum Gasteiger partial charge on any atom is 0.223 e. The summed E-state index contributed by atoms with van der Waals surface area (Å²) in [5.41, 5.74) is 11.2. The summed E-state index contributed by atoms with van der Waals surface area (Å²) in [7, 11) is 0. The molecule has 1 aromatic rings. The molecule has 1 aromatic heterocycles. The number of hydrogen-bond donors (Lipinski definition) is 3. The summed E-state index contributed by atoms with van der Waals surface area (Å²) in [6.45, 7) is 7.21. The van der Waals surface area contributed by atoms with Gasteiger partial charge in [-0.1, -0.05) is 20.8 Å². The molecule has 0 amide bonds. The van der Waals surface area contributed by atoms with Crippen LogP contribution >= 0.6 is 0 Å². The van der Waals surface area contributed by atoms with Crippen molar-refractivity contribution >= 4 is 17.6 Å². The van der Waals surface area contributed by atoms with Crippen molar-refractivity contribution in [3.05, 3.63) is 6.07 Å². The van der Waals surface area contributed by atoms with E-state index in [9.17, 15) is 0 Å². The number of aromatic nitrogens is 2. The molecule has 0 spiro atoms. The summed E-state index contributed by atoms with van der Waals surface area (Å²) < 4.78 is 0. The Balaban J connectivity index is 2.68. The van der Waals surface area contributed by atoms with Crippen LogP contribution in [0.2, 0.25) is 0 Å². The number of hydrogen-bond acceptors (Lipinski definition) is 5. The second-order valence-electron chi connectivity index (χ2n) is 4.45. The quantitative estimate of drug-likeness (QED) is 0.657. The third-order valence-corrected chi connectivity index (χ3v) is 1.56. The average Bonchev–Trinajstić information content (AvgIpc) is 1.97. The van der Waals surface area contributed by atoms with Crippen molar-refractivity contribution in [2.45, 2.75) is 20.8 Å². The number of nitrogens with one attached hydrogen (secondary N) is 1. The molecule has 0 atom stereocenters. The van der Waals surface area contributed by atoms with E-state index in [1.54, 1.807) is 6.07 Å². The topological polar surface area (TPSA) is 89.8 Å². The summed E-state index contributed by atoms with van der Waals surface area (Å²) in [4.78, 5) is 7.80. The molecule has 5 heteroatoms. The van der Waals surface area contributed by atoms with Crippen LogP contribution in [0.25, 0.3) is 0 Å². The highest BCUT2D eigenvalue weighted by Gasteiger charge is 2.10. The molecule has 14 heavy (non-hydrogen) atoms. The molecule has 1 rings (SSSR count). The molecule has 0 aromatic carbocycles. The van der Waals surface area contributed by atoms with Crippen LogP contribution in [0, 0.1) is 5.41 Å². The van der Waals surface area contributed by atoms with Crippen molar-refractivity contribution < 1.29 is 0 Å². The average molecular weight is 195 g/mol. The predicted octanol–water partition coefficient (Wildman–Crippen LogP) is 1.10. The van der Waals surface area contributed by atoms with Gasteiger partial charge in [0.05, 0.1) is 0 Å². The lowest BCUT2D eigenvalue weighted by Gasteiger charge is -2.19. The highest BCUT2D eigenvalue weighted by Crippen LogP contribution is 2.15. The number of rotatable bonds is 2. The van der Waals surface area contributed by atoms with Gasteiger partial charge in [-0.25, -0.2) is 0 Å². The third kappa shape index (κ3) is 3.47. The monoisotopic (exact) mass is 195 g/mol. The van der Waals surface area contributed by atoms with Gasteiger partial charge in [-0.05, 0) is 5.41 Å². The van der Waals surface area contributed by atoms with E-state index in [-0.39, 0.29) is 11.4 Å². The van der Waals surface area contributed by atoms with E-state index < -0.39 is 0 Å². The minimum atomic E-state index is 0.189. The van der Waals surface area contributed by atoms with E-state index in [1.165, 1.54) is 0 Å². The fourth-order valence-electron chi connectivity index (χ4n) is 0.932. The molecule has 0 fully saturated rings. The van der Waals surface area contributed by atoms with Crippen LogP contribution in [-0.4, -0.2) is 16.5 Å². The molecule has 5 nitrogen and oxygen atoms in total. The molecule has 0 aliphatic heterocycles. The zero-order valence-corrected chi connectivity index (χ0v) is 8.83. The van der Waals surface area contributed by atoms with Crippen LogP contribution in [0.3, 0.4) is 0 Å². The molecule has 0 unspecified atom stereocenters. The van der Waals surface area contributed by atoms with Gasteiger partial charge in [-0.15, -0.1) is 0 Å². The van der Waals surface area contributed by atoms with E-state index in [0.29, 0.717) is 11.6 Å². The standard InChI is InChI=1S/C9H17N5/c1-9(2,3)5-12-7-4-6(10)13-8(11)14-7/h4H,5H2,1-3H3,(H5,10,11,12,13,14). The molecule has 0 aliphatic rings. The number of nitrogen functional groups attached to an aromatic ring is 2. The maximum absolute atomic E-state index is 5.53. The Kier molecular flexibility index (Phi) is 2.78. The molecule has 0 bridgehead atoms. The Morgan fingerprint density at radius 2 is 1.93 bits per heavy atom. The molecule has 78 valence electrons. The van der Waals surface area contributed by atoms with Crippen molar-refractivity contribution in [1.29, 1.82) is 0 Å². The van der Waals surface area contributed by atoms with E-state index in [1.807, 2.05) is 0 Å². The number of nitrogens with zero attached hydrogens (tertiary/aromatic N) is 2. The summed E-state index contributed by atoms with van der Waals surface area (Å²) >= 11 is 0. The Labute approximate surface area is 83.9 Å². The highest BCUT2D eigenvalue weighted by atomic mass is 15.1. The van der Waals surface area contributed by atoms with Crippen LogP contribution in [0.1, 0.15) is 20.8 Å². The predicted molar refractivity (Wildman–Crippen MR) is 58.8 cm³/mol. The van der Waals surface area contributed by atoms with Crippen molar-refractivity contribution in [2.24, 2.45) is 5.41 Å². The number of nitrogens with two attached hydrogens (primary N) is 2. The molecule has 0 saturated carbocycles. The van der Waals surface area contributed by atoms with Crippen LogP contribution in [0.15, 0.2) is 6.07 Å². The Morgan fingerprint density at radius 1 is 1.29 bits per heavy atom. The first-order valence-corrected chi connectivity index (χ1v) is 4.51. The van der Waals surface area contributed by atoms with Crippen molar-refractivity contribution in [3.63, 3.8) is 0 Å². The summed E-state index contributed by atoms with van der Waals surface area (Å²) in [5.74, 6) is 1.25. The van der Waals surface area contributed by atoms with Gasteiger partial charge in [0.15, 0.2) is 0 Å². The molecule has 1 heterocycles. The molecule has 5 N–H and O–H groups in total. The van der Waals surface area contributed by atoms with Gasteiger partial charge in [0.25, 0.3) is 0 Å². The van der Waals surface area contributed by atoms with Gasteiger partial charge < -0.3 is 16.8 Å². The van der Waals surface area contributed by atoms with Gasteiger partial charge in [0.2, 0.25) is 5.95 Å². The van der Waals surface area contributed by atoms with Gasteiger partial charge in [-0.3, -0.25) is 0 Å². The fourth-order valence-corrected chi connectivity index (χ4v) is 0.932. The first-order valence-electron chi connectivity index (χ1n) is 4.51. The summed E-state index contributed by atoms with van der Waals surface area (Å²) in [6, 6.07) is 1.67. The summed E-state index contributed by atoms with van der Waals surface area (Å²) in [6.07, 6.45) is 0. The van der Waals surface area contributed by atoms with Crippen molar-refractivity contribution in [3.8, 4) is 0 Å². The van der Waals surface area contributed by atoms with Crippen LogP contribution in [-0.2, 0) is 0 Å². The van der Waals surface area contributed by atoms with E-state index in [0.717, 1.165) is 6.54 Å². The second kappa shape index (κ2) is 3.69. The zero-order valence-electron chi connectivity index (χ0n) is 8.83. The highest BCUT2D eigenvalue weighted by molar-refractivity contribution is 5.48. The van der Waals surface area contributed by atoms with Gasteiger partial charge in [-0.2, -0.15) is 9.97 Å². The maximum atomic E-state index is 5.53. The van der Waals surface area contributed by atoms with E-state index in [4.69, 9.17) is 11.5 Å². The largest absolute Gasteiger partial charge is 0.383 e. The van der Waals surface area contributed by atoms with E-state index >= 15 is 0 Å².